The zero-order valence-corrected chi connectivity index (χ0v) is 14.0. The van der Waals surface area contributed by atoms with E-state index >= 15 is 0 Å². The van der Waals surface area contributed by atoms with Crippen molar-refractivity contribution >= 4 is 37.4 Å². The number of carbonyl (C=O) groups is 2. The Morgan fingerprint density at radius 2 is 2.04 bits per heavy atom. The summed E-state index contributed by atoms with van der Waals surface area (Å²) < 4.78 is 5.20. The van der Waals surface area contributed by atoms with E-state index in [-0.39, 0.29) is 0 Å². The van der Waals surface area contributed by atoms with Crippen LogP contribution in [0.1, 0.15) is 21.5 Å². The number of ether oxygens (including phenoxy) is 1. The van der Waals surface area contributed by atoms with Crippen LogP contribution in [0.2, 0.25) is 0 Å². The Labute approximate surface area is 151 Å². The van der Waals surface area contributed by atoms with E-state index in [1.165, 1.54) is 24.9 Å². The molecule has 0 unspecified atom stereocenters. The van der Waals surface area contributed by atoms with Gasteiger partial charge >= 0.3 is 0 Å². The van der Waals surface area contributed by atoms with E-state index in [2.05, 4.69) is 10.5 Å². The van der Waals surface area contributed by atoms with Crippen LogP contribution in [0.4, 0.5) is 0 Å². The molecule has 0 saturated heterocycles. The van der Waals surface area contributed by atoms with E-state index in [4.69, 9.17) is 17.8 Å². The van der Waals surface area contributed by atoms with Crippen LogP contribution in [0.5, 0.6) is 5.75 Å². The Bertz CT molecular complexity index is 865. The Kier molecular flexibility index (Phi) is 6.70. The maximum absolute atomic E-state index is 12.2. The zero-order valence-electron chi connectivity index (χ0n) is 14.0. The molecule has 7 nitrogen and oxygen atoms in total. The predicted molar refractivity (Wildman–Crippen MR) is 98.8 cm³/mol. The van der Waals surface area contributed by atoms with Gasteiger partial charge in [-0.3, -0.25) is 14.8 Å². The van der Waals surface area contributed by atoms with Gasteiger partial charge in [0, 0.05) is 17.2 Å². The van der Waals surface area contributed by atoms with Crippen LogP contribution in [0, 0.1) is 0 Å². The van der Waals surface area contributed by atoms with Crippen LogP contribution in [0.15, 0.2) is 53.6 Å². The van der Waals surface area contributed by atoms with Crippen LogP contribution in [0.25, 0.3) is 6.08 Å². The third-order valence-corrected chi connectivity index (χ3v) is 3.31. The highest BCUT2D eigenvalue weighted by molar-refractivity contribution is 6.32. The minimum absolute atomic E-state index is 0.355. The van der Waals surface area contributed by atoms with Crippen LogP contribution in [-0.4, -0.2) is 38.2 Å². The summed E-state index contributed by atoms with van der Waals surface area (Å²) in [6.45, 7) is 0. The lowest BCUT2D eigenvalue weighted by atomic mass is 9.94. The lowest BCUT2D eigenvalue weighted by Gasteiger charge is -2.05. The van der Waals surface area contributed by atoms with E-state index in [1.807, 2.05) is 0 Å². The second-order valence-corrected chi connectivity index (χ2v) is 5.14. The van der Waals surface area contributed by atoms with Crippen molar-refractivity contribution in [2.75, 3.05) is 7.11 Å². The number of nitrogens with one attached hydrogen (secondary N) is 2. The standard InChI is InChI=1S/C18H16BN3O4/c1-26-16-7-6-15(19)10-14(16)11-20-21-18(24)13-4-2-3-12(9-13)5-8-17(23)22-25/h2-11,25H,1H3,(H,21,24)(H,22,23). The Morgan fingerprint density at radius 3 is 2.77 bits per heavy atom. The van der Waals surface area contributed by atoms with Gasteiger partial charge in [-0.15, -0.1) is 0 Å². The minimum atomic E-state index is -0.666. The first-order chi connectivity index (χ1) is 12.5. The quantitative estimate of drug-likeness (QED) is 0.236. The summed E-state index contributed by atoms with van der Waals surface area (Å²) in [5, 5.41) is 12.4. The van der Waals surface area contributed by atoms with Gasteiger partial charge in [0.05, 0.1) is 13.3 Å². The molecule has 3 N–H and O–H groups in total. The lowest BCUT2D eigenvalue weighted by molar-refractivity contribution is -0.124. The van der Waals surface area contributed by atoms with Crippen LogP contribution in [-0.2, 0) is 4.79 Å². The minimum Gasteiger partial charge on any atom is -0.496 e. The van der Waals surface area contributed by atoms with Gasteiger partial charge in [0.15, 0.2) is 0 Å². The first kappa shape index (κ1) is 18.9. The number of hydroxylamine groups is 1. The molecule has 0 bridgehead atoms. The molecule has 8 heteroatoms. The highest BCUT2D eigenvalue weighted by Gasteiger charge is 2.05. The lowest BCUT2D eigenvalue weighted by Crippen LogP contribution is -2.18. The monoisotopic (exact) mass is 349 g/mol. The van der Waals surface area contributed by atoms with Gasteiger partial charge < -0.3 is 4.74 Å². The first-order valence-electron chi connectivity index (χ1n) is 7.52. The molecule has 2 aromatic carbocycles. The number of hydrogen-bond acceptors (Lipinski definition) is 5. The van der Waals surface area contributed by atoms with E-state index in [0.29, 0.717) is 27.9 Å². The summed E-state index contributed by atoms with van der Waals surface area (Å²) in [7, 11) is 7.25. The third kappa shape index (κ3) is 5.32. The fourth-order valence-electron chi connectivity index (χ4n) is 2.07. The van der Waals surface area contributed by atoms with Crippen molar-refractivity contribution in [3.8, 4) is 5.75 Å². The molecule has 2 radical (unpaired) electrons. The summed E-state index contributed by atoms with van der Waals surface area (Å²) in [6, 6.07) is 11.6. The van der Waals surface area contributed by atoms with Crippen molar-refractivity contribution in [3.63, 3.8) is 0 Å². The first-order valence-corrected chi connectivity index (χ1v) is 7.52. The summed E-state index contributed by atoms with van der Waals surface area (Å²) in [5.74, 6) is -0.516. The van der Waals surface area contributed by atoms with E-state index in [0.717, 1.165) is 6.08 Å². The average molecular weight is 349 g/mol. The molecule has 130 valence electrons. The Balaban J connectivity index is 2.07. The van der Waals surface area contributed by atoms with Crippen molar-refractivity contribution in [1.29, 1.82) is 0 Å². The summed E-state index contributed by atoms with van der Waals surface area (Å²) >= 11 is 0. The van der Waals surface area contributed by atoms with Crippen molar-refractivity contribution in [2.45, 2.75) is 0 Å². The highest BCUT2D eigenvalue weighted by atomic mass is 16.5. The molecule has 2 rings (SSSR count). The van der Waals surface area contributed by atoms with Gasteiger partial charge in [0.2, 0.25) is 0 Å². The second-order valence-electron chi connectivity index (χ2n) is 5.14. The molecule has 0 spiro atoms. The number of hydrazone groups is 1. The zero-order chi connectivity index (χ0) is 18.9. The molecule has 0 saturated carbocycles. The fraction of sp³-hybridized carbons (Fsp3) is 0.0556. The highest BCUT2D eigenvalue weighted by Crippen LogP contribution is 2.13. The van der Waals surface area contributed by atoms with Gasteiger partial charge in [-0.2, -0.15) is 5.10 Å². The van der Waals surface area contributed by atoms with Crippen molar-refractivity contribution in [2.24, 2.45) is 5.10 Å². The van der Waals surface area contributed by atoms with Crippen LogP contribution in [0.3, 0.4) is 0 Å². The number of nitrogens with zero attached hydrogens (tertiary/aromatic N) is 1. The molecule has 0 fully saturated rings. The Morgan fingerprint density at radius 1 is 1.23 bits per heavy atom. The largest absolute Gasteiger partial charge is 0.496 e. The predicted octanol–water partition coefficient (Wildman–Crippen LogP) is 0.771. The summed E-state index contributed by atoms with van der Waals surface area (Å²) in [5.41, 5.74) is 6.04. The molecule has 26 heavy (non-hydrogen) atoms. The number of amides is 2. The van der Waals surface area contributed by atoms with Gasteiger partial charge in [-0.1, -0.05) is 29.7 Å². The molecule has 0 aliphatic rings. The van der Waals surface area contributed by atoms with Crippen molar-refractivity contribution < 1.29 is 19.5 Å². The molecule has 0 heterocycles. The number of methoxy groups -OCH3 is 1. The third-order valence-electron chi connectivity index (χ3n) is 3.31. The normalized spacial score (nSPS) is 10.8. The van der Waals surface area contributed by atoms with Crippen molar-refractivity contribution in [3.05, 3.63) is 65.2 Å². The van der Waals surface area contributed by atoms with Crippen molar-refractivity contribution in [1.82, 2.24) is 10.9 Å². The fourth-order valence-corrected chi connectivity index (χ4v) is 2.07. The SMILES string of the molecule is [B]c1ccc(OC)c(C=NNC(=O)c2cccc(C=CC(=O)NO)c2)c1. The maximum Gasteiger partial charge on any atom is 0.271 e. The number of carbonyl (C=O) groups excluding carboxylic acids is 2. The van der Waals surface area contributed by atoms with Gasteiger partial charge in [0.1, 0.15) is 13.6 Å². The molecular weight excluding hydrogens is 333 g/mol. The molecule has 2 amide bonds. The van der Waals surface area contributed by atoms with Gasteiger partial charge in [0.25, 0.3) is 11.8 Å². The molecule has 2 aromatic rings. The van der Waals surface area contributed by atoms with Crippen LogP contribution < -0.4 is 21.1 Å². The number of hydrogen-bond donors (Lipinski definition) is 3. The molecule has 0 aromatic heterocycles. The Hall–Kier alpha value is -3.39. The smallest absolute Gasteiger partial charge is 0.271 e. The van der Waals surface area contributed by atoms with E-state index in [9.17, 15) is 9.59 Å². The second kappa shape index (κ2) is 9.19. The molecule has 0 atom stereocenters. The maximum atomic E-state index is 12.2. The van der Waals surface area contributed by atoms with Crippen LogP contribution >= 0.6 is 0 Å². The summed E-state index contributed by atoms with van der Waals surface area (Å²) in [4.78, 5) is 23.2. The van der Waals surface area contributed by atoms with Gasteiger partial charge in [-0.25, -0.2) is 10.9 Å². The van der Waals surface area contributed by atoms with Gasteiger partial charge in [-0.05, 0) is 29.8 Å². The summed E-state index contributed by atoms with van der Waals surface area (Å²) in [6.07, 6.45) is 4.03. The average Bonchev–Trinajstić information content (AvgIpc) is 2.66. The topological polar surface area (TPSA) is 100 Å². The molecule has 0 aliphatic heterocycles. The molecular formula is C18H16BN3O4. The number of rotatable bonds is 6. The van der Waals surface area contributed by atoms with E-state index < -0.39 is 11.8 Å². The number of benzene rings is 2. The van der Waals surface area contributed by atoms with E-state index in [1.54, 1.807) is 42.5 Å². The molecule has 0 aliphatic carbocycles.